The van der Waals surface area contributed by atoms with Crippen LogP contribution in [0.1, 0.15) is 39.7 Å². The first-order chi connectivity index (χ1) is 15.2. The Labute approximate surface area is 191 Å². The highest BCUT2D eigenvalue weighted by molar-refractivity contribution is 6.33. The number of rotatable bonds is 3. The quantitative estimate of drug-likeness (QED) is 0.538. The van der Waals surface area contributed by atoms with E-state index in [-0.39, 0.29) is 12.1 Å². The van der Waals surface area contributed by atoms with Gasteiger partial charge in [-0.1, -0.05) is 22.9 Å². The second-order valence-electron chi connectivity index (χ2n) is 8.66. The van der Waals surface area contributed by atoms with Crippen molar-refractivity contribution in [2.24, 2.45) is 0 Å². The Hall–Kier alpha value is -3.38. The number of benzene rings is 1. The summed E-state index contributed by atoms with van der Waals surface area (Å²) in [6, 6.07) is 7.04. The van der Waals surface area contributed by atoms with E-state index in [1.54, 1.807) is 29.3 Å². The highest BCUT2D eigenvalue weighted by Gasteiger charge is 2.29. The topological polar surface area (TPSA) is 89.5 Å². The highest BCUT2D eigenvalue weighted by Crippen LogP contribution is 2.32. The highest BCUT2D eigenvalue weighted by atomic mass is 35.5. The predicted octanol–water partition coefficient (Wildman–Crippen LogP) is 5.35. The van der Waals surface area contributed by atoms with Crippen LogP contribution in [-0.2, 0) is 4.74 Å². The zero-order chi connectivity index (χ0) is 22.9. The molecule has 0 bridgehead atoms. The van der Waals surface area contributed by atoms with Crippen molar-refractivity contribution in [1.29, 1.82) is 0 Å². The average Bonchev–Trinajstić information content (AvgIpc) is 3.19. The Kier molecular flexibility index (Phi) is 5.89. The van der Waals surface area contributed by atoms with Crippen molar-refractivity contribution in [2.75, 3.05) is 18.4 Å². The molecule has 1 fully saturated rings. The molecule has 10 heteroatoms. The maximum absolute atomic E-state index is 12.3. The van der Waals surface area contributed by atoms with E-state index in [2.05, 4.69) is 25.5 Å². The number of aromatic nitrogens is 4. The molecule has 32 heavy (non-hydrogen) atoms. The molecule has 3 heterocycles. The van der Waals surface area contributed by atoms with Gasteiger partial charge in [0.1, 0.15) is 5.60 Å². The molecule has 0 unspecified atom stereocenters. The number of piperidine rings is 1. The number of hydrogen-bond acceptors (Lipinski definition) is 6. The fourth-order valence-electron chi connectivity index (χ4n) is 3.65. The van der Waals surface area contributed by atoms with Gasteiger partial charge in [-0.2, -0.15) is 0 Å². The molecule has 1 aliphatic rings. The minimum Gasteiger partial charge on any atom is -0.444 e. The van der Waals surface area contributed by atoms with E-state index in [9.17, 15) is 4.79 Å². The van der Waals surface area contributed by atoms with E-state index < -0.39 is 5.60 Å². The van der Waals surface area contributed by atoms with Crippen molar-refractivity contribution in [2.45, 2.75) is 45.3 Å². The van der Waals surface area contributed by atoms with E-state index in [1.807, 2.05) is 31.5 Å². The van der Waals surface area contributed by atoms with Crippen LogP contribution in [0, 0.1) is 6.57 Å². The van der Waals surface area contributed by atoms with Crippen LogP contribution in [0.2, 0.25) is 5.02 Å². The van der Waals surface area contributed by atoms with Crippen molar-refractivity contribution in [1.82, 2.24) is 24.9 Å². The summed E-state index contributed by atoms with van der Waals surface area (Å²) in [4.78, 5) is 21.9. The second-order valence-corrected chi connectivity index (χ2v) is 9.07. The molecular formula is C22H24ClN7O2. The normalized spacial score (nSPS) is 14.9. The van der Waals surface area contributed by atoms with Gasteiger partial charge in [0, 0.05) is 19.3 Å². The summed E-state index contributed by atoms with van der Waals surface area (Å²) < 4.78 is 7.38. The van der Waals surface area contributed by atoms with E-state index in [1.165, 1.54) is 0 Å². The Balaban J connectivity index is 1.51. The molecule has 3 aromatic rings. The van der Waals surface area contributed by atoms with Gasteiger partial charge >= 0.3 is 6.09 Å². The molecule has 1 amide bonds. The third-order valence-electron chi connectivity index (χ3n) is 5.19. The van der Waals surface area contributed by atoms with Crippen LogP contribution >= 0.6 is 11.6 Å². The van der Waals surface area contributed by atoms with Gasteiger partial charge < -0.3 is 15.0 Å². The van der Waals surface area contributed by atoms with Crippen LogP contribution in [0.25, 0.3) is 15.9 Å². The number of likely N-dealkylation sites (tertiary alicyclic amines) is 1. The first-order valence-electron chi connectivity index (χ1n) is 10.4. The Morgan fingerprint density at radius 2 is 2.03 bits per heavy atom. The summed E-state index contributed by atoms with van der Waals surface area (Å²) in [5.74, 6) is 0.539. The van der Waals surface area contributed by atoms with Crippen molar-refractivity contribution >= 4 is 45.9 Å². The Morgan fingerprint density at radius 1 is 1.28 bits per heavy atom. The summed E-state index contributed by atoms with van der Waals surface area (Å²) in [7, 11) is 0. The molecule has 166 valence electrons. The van der Waals surface area contributed by atoms with Crippen molar-refractivity contribution < 1.29 is 9.53 Å². The number of halogens is 1. The maximum Gasteiger partial charge on any atom is 0.410 e. The maximum atomic E-state index is 12.3. The number of ether oxygens (including phenoxy) is 1. The van der Waals surface area contributed by atoms with Crippen molar-refractivity contribution in [3.63, 3.8) is 0 Å². The summed E-state index contributed by atoms with van der Waals surface area (Å²) in [5, 5.41) is 12.4. The van der Waals surface area contributed by atoms with E-state index in [0.29, 0.717) is 40.8 Å². The molecule has 2 aromatic heterocycles. The monoisotopic (exact) mass is 453 g/mol. The number of carbonyl (C=O) groups is 1. The molecule has 9 nitrogen and oxygen atoms in total. The number of nitrogens with zero attached hydrogens (tertiary/aromatic N) is 6. The third kappa shape index (κ3) is 4.60. The second kappa shape index (κ2) is 8.63. The lowest BCUT2D eigenvalue weighted by Crippen LogP contribution is -2.42. The van der Waals surface area contributed by atoms with Gasteiger partial charge in [0.2, 0.25) is 0 Å². The van der Waals surface area contributed by atoms with E-state index in [0.717, 1.165) is 18.4 Å². The lowest BCUT2D eigenvalue weighted by Gasteiger charge is -2.33. The summed E-state index contributed by atoms with van der Waals surface area (Å²) in [5.41, 5.74) is 2.08. The molecule has 0 atom stereocenters. The molecule has 0 spiro atoms. The van der Waals surface area contributed by atoms with Crippen LogP contribution in [-0.4, -0.2) is 49.7 Å². The largest absolute Gasteiger partial charge is 0.444 e. The molecule has 1 N–H and O–H groups in total. The van der Waals surface area contributed by atoms with Gasteiger partial charge in [-0.25, -0.2) is 19.3 Å². The number of fused-ring (bicyclic) bond motifs is 1. The lowest BCUT2D eigenvalue weighted by molar-refractivity contribution is 0.0185. The molecule has 1 aromatic carbocycles. The van der Waals surface area contributed by atoms with Gasteiger partial charge in [-0.3, -0.25) is 0 Å². The van der Waals surface area contributed by atoms with Crippen molar-refractivity contribution in [3.05, 3.63) is 46.9 Å². The number of amides is 1. The van der Waals surface area contributed by atoms with Crippen LogP contribution in [0.4, 0.5) is 22.0 Å². The first-order valence-corrected chi connectivity index (χ1v) is 10.7. The number of carbonyl (C=O) groups excluding carboxylic acids is 1. The van der Waals surface area contributed by atoms with E-state index >= 15 is 0 Å². The van der Waals surface area contributed by atoms with E-state index in [4.69, 9.17) is 22.9 Å². The van der Waals surface area contributed by atoms with Crippen LogP contribution < -0.4 is 5.32 Å². The molecule has 4 rings (SSSR count). The number of pyridine rings is 1. The molecular weight excluding hydrogens is 430 g/mol. The fourth-order valence-corrected chi connectivity index (χ4v) is 3.87. The summed E-state index contributed by atoms with van der Waals surface area (Å²) in [6.07, 6.45) is 2.93. The molecule has 0 radical (unpaired) electrons. The summed E-state index contributed by atoms with van der Waals surface area (Å²) >= 11 is 6.30. The number of hydrogen-bond donors (Lipinski definition) is 1. The van der Waals surface area contributed by atoms with Crippen LogP contribution in [0.15, 0.2) is 30.5 Å². The Bertz CT molecular complexity index is 1190. The molecule has 0 aliphatic carbocycles. The lowest BCUT2D eigenvalue weighted by atomic mass is 10.1. The molecule has 1 aliphatic heterocycles. The minimum absolute atomic E-state index is 0.121. The van der Waals surface area contributed by atoms with Crippen LogP contribution in [0.5, 0.6) is 0 Å². The number of nitrogens with one attached hydrogen (secondary N) is 1. The van der Waals surface area contributed by atoms with Gasteiger partial charge in [-0.15, -0.1) is 5.10 Å². The fraction of sp³-hybridized carbons (Fsp3) is 0.409. The molecule has 1 saturated heterocycles. The number of anilines is 2. The average molecular weight is 454 g/mol. The Morgan fingerprint density at radius 3 is 2.69 bits per heavy atom. The SMILES string of the molecule is [C-]#[N+]c1ccc(Nc2nccc3c2nnn3C2CCN(C(=O)OC(C)(C)C)CC2)c(Cl)c1. The van der Waals surface area contributed by atoms with Crippen LogP contribution in [0.3, 0.4) is 0 Å². The van der Waals surface area contributed by atoms with Gasteiger partial charge in [0.15, 0.2) is 17.0 Å². The zero-order valence-corrected chi connectivity index (χ0v) is 18.9. The molecule has 0 saturated carbocycles. The predicted molar refractivity (Wildman–Crippen MR) is 122 cm³/mol. The van der Waals surface area contributed by atoms with Gasteiger partial charge in [-0.05, 0) is 51.8 Å². The minimum atomic E-state index is -0.508. The zero-order valence-electron chi connectivity index (χ0n) is 18.2. The van der Waals surface area contributed by atoms with Gasteiger partial charge in [0.05, 0.1) is 28.8 Å². The van der Waals surface area contributed by atoms with Crippen molar-refractivity contribution in [3.8, 4) is 0 Å². The first kappa shape index (κ1) is 21.8. The summed E-state index contributed by atoms with van der Waals surface area (Å²) in [6.45, 7) is 13.9. The van der Waals surface area contributed by atoms with Gasteiger partial charge in [0.25, 0.3) is 0 Å². The smallest absolute Gasteiger partial charge is 0.410 e. The third-order valence-corrected chi connectivity index (χ3v) is 5.50. The standard InChI is InChI=1S/C22H24ClN7O2/c1-22(2,3)32-21(31)29-11-8-15(9-12-29)30-18-7-10-25-20(19(18)27-28-30)26-17-6-5-14(24-4)13-16(17)23/h5-7,10,13,15H,8-9,11-12H2,1-3H3,(H,25,26).